The minimum absolute atomic E-state index is 0. The fraction of sp³-hybridized carbons (Fsp3) is 0.500. The molecule has 0 amide bonds. The molecule has 1 aliphatic heterocycles. The van der Waals surface area contributed by atoms with Crippen molar-refractivity contribution in [1.29, 1.82) is 0 Å². The van der Waals surface area contributed by atoms with Crippen LogP contribution < -0.4 is 10.5 Å². The molecule has 0 saturated carbocycles. The first-order valence-electron chi connectivity index (χ1n) is 5.59. The molecule has 0 fully saturated rings. The van der Waals surface area contributed by atoms with Crippen LogP contribution in [0.5, 0.6) is 5.75 Å². The Hall–Kier alpha value is -0.980. The van der Waals surface area contributed by atoms with Gasteiger partial charge in [-0.15, -0.1) is 12.4 Å². The van der Waals surface area contributed by atoms with Crippen LogP contribution >= 0.6 is 12.4 Å². The third-order valence-electron chi connectivity index (χ3n) is 2.59. The highest BCUT2D eigenvalue weighted by atomic mass is 35.5. The molecule has 1 heterocycles. The zero-order valence-electron chi connectivity index (χ0n) is 10.1. The lowest BCUT2D eigenvalue weighted by atomic mass is 10.0. The predicted octanol–water partition coefficient (Wildman–Crippen LogP) is 2.45. The molecule has 0 aliphatic carbocycles. The predicted molar refractivity (Wildman–Crippen MR) is 66.6 cm³/mol. The molecule has 0 bridgehead atoms. The third kappa shape index (κ3) is 4.89. The second-order valence-electron chi connectivity index (χ2n) is 4.33. The van der Waals surface area contributed by atoms with Gasteiger partial charge in [0, 0.05) is 6.04 Å². The lowest BCUT2D eigenvalue weighted by Gasteiger charge is -2.22. The van der Waals surface area contributed by atoms with Gasteiger partial charge in [0.15, 0.2) is 0 Å². The highest BCUT2D eigenvalue weighted by molar-refractivity contribution is 5.85. The van der Waals surface area contributed by atoms with Crippen LogP contribution in [0.4, 0.5) is 13.2 Å². The molecule has 1 unspecified atom stereocenters. The molecule has 0 saturated heterocycles. The summed E-state index contributed by atoms with van der Waals surface area (Å²) in [5.74, 6) is 0.747. The van der Waals surface area contributed by atoms with Crippen molar-refractivity contribution >= 4 is 12.4 Å². The number of benzene rings is 1. The van der Waals surface area contributed by atoms with E-state index in [2.05, 4.69) is 4.74 Å². The lowest BCUT2D eigenvalue weighted by molar-refractivity contribution is -0.176. The number of hydrogen-bond acceptors (Lipinski definition) is 3. The van der Waals surface area contributed by atoms with Crippen LogP contribution in [-0.4, -0.2) is 25.4 Å². The van der Waals surface area contributed by atoms with Gasteiger partial charge in [0.2, 0.25) is 0 Å². The van der Waals surface area contributed by atoms with Gasteiger partial charge < -0.3 is 15.2 Å². The molecule has 19 heavy (non-hydrogen) atoms. The molecule has 1 aromatic rings. The second kappa shape index (κ2) is 6.45. The first-order chi connectivity index (χ1) is 8.44. The average molecular weight is 298 g/mol. The van der Waals surface area contributed by atoms with Crippen LogP contribution in [0.2, 0.25) is 0 Å². The van der Waals surface area contributed by atoms with Crippen LogP contribution in [0.25, 0.3) is 0 Å². The standard InChI is InChI=1S/C12H14F3NO2.ClH/c13-12(14,15)7-17-5-8-1-2-11-9(3-8)4-10(16)6-18-11;/h1-3,10H,4-7,16H2;1H. The van der Waals surface area contributed by atoms with E-state index in [1.807, 2.05) is 0 Å². The summed E-state index contributed by atoms with van der Waals surface area (Å²) in [6.45, 7) is -0.834. The van der Waals surface area contributed by atoms with Crippen molar-refractivity contribution < 1.29 is 22.6 Å². The Morgan fingerprint density at radius 3 is 2.79 bits per heavy atom. The van der Waals surface area contributed by atoms with E-state index in [1.165, 1.54) is 0 Å². The van der Waals surface area contributed by atoms with E-state index < -0.39 is 12.8 Å². The van der Waals surface area contributed by atoms with Gasteiger partial charge in [-0.3, -0.25) is 0 Å². The smallest absolute Gasteiger partial charge is 0.411 e. The monoisotopic (exact) mass is 297 g/mol. The lowest BCUT2D eigenvalue weighted by Crippen LogP contribution is -2.33. The van der Waals surface area contributed by atoms with Gasteiger partial charge in [0.1, 0.15) is 19.0 Å². The quantitative estimate of drug-likeness (QED) is 0.932. The molecule has 0 radical (unpaired) electrons. The third-order valence-corrected chi connectivity index (χ3v) is 2.59. The molecule has 0 spiro atoms. The van der Waals surface area contributed by atoms with Gasteiger partial charge in [-0.2, -0.15) is 13.2 Å². The highest BCUT2D eigenvalue weighted by Gasteiger charge is 2.27. The summed E-state index contributed by atoms with van der Waals surface area (Å²) >= 11 is 0. The zero-order chi connectivity index (χ0) is 13.2. The zero-order valence-corrected chi connectivity index (χ0v) is 10.9. The molecular formula is C12H15ClF3NO2. The van der Waals surface area contributed by atoms with E-state index in [4.69, 9.17) is 10.5 Å². The van der Waals surface area contributed by atoms with Gasteiger partial charge in [0.25, 0.3) is 0 Å². The second-order valence-corrected chi connectivity index (χ2v) is 4.33. The number of alkyl halides is 3. The van der Waals surface area contributed by atoms with E-state index >= 15 is 0 Å². The van der Waals surface area contributed by atoms with E-state index in [9.17, 15) is 13.2 Å². The molecule has 2 rings (SSSR count). The van der Waals surface area contributed by atoms with Crippen LogP contribution in [0.1, 0.15) is 11.1 Å². The number of fused-ring (bicyclic) bond motifs is 1. The van der Waals surface area contributed by atoms with Crippen molar-refractivity contribution in [1.82, 2.24) is 0 Å². The Morgan fingerprint density at radius 1 is 1.37 bits per heavy atom. The summed E-state index contributed by atoms with van der Waals surface area (Å²) in [7, 11) is 0. The Morgan fingerprint density at radius 2 is 2.11 bits per heavy atom. The van der Waals surface area contributed by atoms with Crippen LogP contribution in [0.3, 0.4) is 0 Å². The number of halogens is 4. The van der Waals surface area contributed by atoms with Gasteiger partial charge in [-0.1, -0.05) is 6.07 Å². The summed E-state index contributed by atoms with van der Waals surface area (Å²) in [4.78, 5) is 0. The van der Waals surface area contributed by atoms with Crippen molar-refractivity contribution in [3.8, 4) is 5.75 Å². The fourth-order valence-electron chi connectivity index (χ4n) is 1.85. The van der Waals surface area contributed by atoms with E-state index in [1.54, 1.807) is 18.2 Å². The van der Waals surface area contributed by atoms with Crippen LogP contribution in [0.15, 0.2) is 18.2 Å². The molecule has 3 nitrogen and oxygen atoms in total. The number of nitrogens with two attached hydrogens (primary N) is 1. The topological polar surface area (TPSA) is 44.5 Å². The molecule has 1 aromatic carbocycles. The molecule has 108 valence electrons. The first kappa shape index (κ1) is 16.1. The van der Waals surface area contributed by atoms with Crippen molar-refractivity contribution in [2.45, 2.75) is 25.2 Å². The van der Waals surface area contributed by atoms with E-state index in [0.29, 0.717) is 18.6 Å². The molecule has 1 atom stereocenters. The molecule has 7 heteroatoms. The maximum Gasteiger partial charge on any atom is 0.411 e. The highest BCUT2D eigenvalue weighted by Crippen LogP contribution is 2.25. The Labute approximate surface area is 115 Å². The molecule has 1 aliphatic rings. The molecular weight excluding hydrogens is 283 g/mol. The maximum absolute atomic E-state index is 11.9. The molecule has 0 aromatic heterocycles. The SMILES string of the molecule is Cl.NC1COc2ccc(COCC(F)(F)F)cc2C1. The van der Waals surface area contributed by atoms with Gasteiger partial charge in [-0.25, -0.2) is 0 Å². The van der Waals surface area contributed by atoms with Crippen molar-refractivity contribution in [3.05, 3.63) is 29.3 Å². The Balaban J connectivity index is 0.00000180. The number of rotatable bonds is 3. The van der Waals surface area contributed by atoms with Gasteiger partial charge in [-0.05, 0) is 29.7 Å². The van der Waals surface area contributed by atoms with Crippen LogP contribution in [-0.2, 0) is 17.8 Å². The van der Waals surface area contributed by atoms with Crippen molar-refractivity contribution in [2.75, 3.05) is 13.2 Å². The first-order valence-corrected chi connectivity index (χ1v) is 5.59. The van der Waals surface area contributed by atoms with E-state index in [0.717, 1.165) is 11.3 Å². The summed E-state index contributed by atoms with van der Waals surface area (Å²) in [6, 6.07) is 5.16. The number of hydrogen-bond donors (Lipinski definition) is 1. The van der Waals surface area contributed by atoms with E-state index in [-0.39, 0.29) is 25.1 Å². The minimum Gasteiger partial charge on any atom is -0.492 e. The van der Waals surface area contributed by atoms with Crippen molar-refractivity contribution in [2.24, 2.45) is 5.73 Å². The van der Waals surface area contributed by atoms with Crippen LogP contribution in [0, 0.1) is 0 Å². The van der Waals surface area contributed by atoms with Gasteiger partial charge in [0.05, 0.1) is 6.61 Å². The summed E-state index contributed by atoms with van der Waals surface area (Å²) in [6.07, 6.45) is -3.62. The maximum atomic E-state index is 11.9. The largest absolute Gasteiger partial charge is 0.492 e. The Kier molecular flexibility index (Phi) is 5.46. The Bertz CT molecular complexity index is 426. The molecule has 2 N–H and O–H groups in total. The fourth-order valence-corrected chi connectivity index (χ4v) is 1.85. The summed E-state index contributed by atoms with van der Waals surface area (Å²) in [5, 5.41) is 0. The van der Waals surface area contributed by atoms with Crippen molar-refractivity contribution in [3.63, 3.8) is 0 Å². The average Bonchev–Trinajstić information content (AvgIpc) is 2.26. The number of ether oxygens (including phenoxy) is 2. The normalized spacial score (nSPS) is 18.2. The summed E-state index contributed by atoms with van der Waals surface area (Å²) in [5.41, 5.74) is 7.36. The van der Waals surface area contributed by atoms with Gasteiger partial charge >= 0.3 is 6.18 Å². The minimum atomic E-state index is -4.29. The summed E-state index contributed by atoms with van der Waals surface area (Å²) < 4.78 is 45.8.